The van der Waals surface area contributed by atoms with Gasteiger partial charge in [0.05, 0.1) is 10.3 Å². The van der Waals surface area contributed by atoms with Gasteiger partial charge in [-0.2, -0.15) is 0 Å². The summed E-state index contributed by atoms with van der Waals surface area (Å²) in [5.74, 6) is -1.17. The van der Waals surface area contributed by atoms with Crippen molar-refractivity contribution in [3.8, 4) is 11.5 Å². The van der Waals surface area contributed by atoms with E-state index < -0.39 is 27.6 Å². The van der Waals surface area contributed by atoms with Crippen molar-refractivity contribution in [1.29, 1.82) is 0 Å². The number of hydrogen-bond acceptors (Lipinski definition) is 5. The first-order valence-electron chi connectivity index (χ1n) is 11.9. The van der Waals surface area contributed by atoms with Crippen molar-refractivity contribution in [1.82, 2.24) is 14.3 Å². The fourth-order valence-corrected chi connectivity index (χ4v) is 5.48. The van der Waals surface area contributed by atoms with E-state index in [-0.39, 0.29) is 22.7 Å². The number of amides is 1. The van der Waals surface area contributed by atoms with Crippen LogP contribution in [0.2, 0.25) is 0 Å². The van der Waals surface area contributed by atoms with E-state index in [1.807, 2.05) is 6.92 Å². The molecule has 5 aromatic rings. The molecule has 0 spiro atoms. The number of hydrogen-bond donors (Lipinski definition) is 1. The van der Waals surface area contributed by atoms with Crippen LogP contribution in [0.15, 0.2) is 90.1 Å². The number of aryl methyl sites for hydroxylation is 1. The fraction of sp³-hybridized carbons (Fsp3) is 0.103. The van der Waals surface area contributed by atoms with Gasteiger partial charge in [-0.15, -0.1) is 0 Å². The Kier molecular flexibility index (Phi) is 6.88. The van der Waals surface area contributed by atoms with Gasteiger partial charge in [-0.25, -0.2) is 26.2 Å². The van der Waals surface area contributed by atoms with E-state index >= 15 is 0 Å². The zero-order chi connectivity index (χ0) is 27.7. The summed E-state index contributed by atoms with van der Waals surface area (Å²) in [4.78, 5) is 17.3. The highest BCUT2D eigenvalue weighted by atomic mass is 32.2. The molecule has 0 unspecified atom stereocenters. The molecular formula is C29H23F2N3O4S. The third-order valence-corrected chi connectivity index (χ3v) is 7.90. The fourth-order valence-electron chi connectivity index (χ4n) is 4.18. The maximum absolute atomic E-state index is 13.5. The summed E-state index contributed by atoms with van der Waals surface area (Å²) < 4.78 is 60.7. The van der Waals surface area contributed by atoms with Crippen molar-refractivity contribution in [3.63, 3.8) is 0 Å². The third-order valence-electron chi connectivity index (χ3n) is 6.22. The molecular weight excluding hydrogens is 524 g/mol. The normalized spacial score (nSPS) is 11.5. The number of nitrogens with zero attached hydrogens (tertiary/aromatic N) is 2. The molecule has 10 heteroatoms. The molecule has 3 aromatic carbocycles. The highest BCUT2D eigenvalue weighted by molar-refractivity contribution is 7.90. The van der Waals surface area contributed by atoms with Crippen LogP contribution >= 0.6 is 0 Å². The van der Waals surface area contributed by atoms with E-state index in [1.54, 1.807) is 61.5 Å². The van der Waals surface area contributed by atoms with Crippen molar-refractivity contribution < 1.29 is 26.7 Å². The number of rotatable bonds is 7. The van der Waals surface area contributed by atoms with Crippen molar-refractivity contribution >= 4 is 27.0 Å². The molecule has 2 aromatic heterocycles. The van der Waals surface area contributed by atoms with Gasteiger partial charge in [0.2, 0.25) is 0 Å². The van der Waals surface area contributed by atoms with Gasteiger partial charge >= 0.3 is 0 Å². The van der Waals surface area contributed by atoms with E-state index in [1.165, 1.54) is 12.4 Å². The van der Waals surface area contributed by atoms with Crippen molar-refractivity contribution in [2.75, 3.05) is 0 Å². The quantitative estimate of drug-likeness (QED) is 0.274. The Morgan fingerprint density at radius 1 is 0.949 bits per heavy atom. The van der Waals surface area contributed by atoms with E-state index in [2.05, 4.69) is 10.3 Å². The predicted molar refractivity (Wildman–Crippen MR) is 142 cm³/mol. The molecule has 7 nitrogen and oxygen atoms in total. The highest BCUT2D eigenvalue weighted by Gasteiger charge is 2.21. The Hall–Kier alpha value is -4.57. The van der Waals surface area contributed by atoms with Crippen LogP contribution in [-0.4, -0.2) is 23.3 Å². The number of benzene rings is 3. The minimum Gasteiger partial charge on any atom is -0.456 e. The summed E-state index contributed by atoms with van der Waals surface area (Å²) in [5.41, 5.74) is 2.26. The first kappa shape index (κ1) is 26.1. The van der Waals surface area contributed by atoms with Crippen LogP contribution in [0.4, 0.5) is 8.78 Å². The lowest BCUT2D eigenvalue weighted by atomic mass is 10.1. The number of nitrogens with one attached hydrogen (secondary N) is 1. The van der Waals surface area contributed by atoms with Crippen molar-refractivity contribution in [3.05, 3.63) is 119 Å². The monoisotopic (exact) mass is 547 g/mol. The van der Waals surface area contributed by atoms with Crippen LogP contribution in [-0.2, 0) is 16.6 Å². The largest absolute Gasteiger partial charge is 0.456 e. The molecule has 0 aliphatic heterocycles. The smallest absolute Gasteiger partial charge is 0.269 e. The molecule has 5 rings (SSSR count). The first-order valence-corrected chi connectivity index (χ1v) is 13.4. The lowest BCUT2D eigenvalue weighted by molar-refractivity contribution is 0.0949. The summed E-state index contributed by atoms with van der Waals surface area (Å²) in [7, 11) is -3.89. The number of ether oxygens (including phenoxy) is 1. The van der Waals surface area contributed by atoms with Gasteiger partial charge in [0.25, 0.3) is 15.9 Å². The minimum atomic E-state index is -3.89. The Morgan fingerprint density at radius 2 is 1.67 bits per heavy atom. The molecule has 39 heavy (non-hydrogen) atoms. The van der Waals surface area contributed by atoms with Gasteiger partial charge in [0, 0.05) is 36.1 Å². The van der Waals surface area contributed by atoms with Gasteiger partial charge in [-0.1, -0.05) is 23.8 Å². The van der Waals surface area contributed by atoms with E-state index in [4.69, 9.17) is 4.74 Å². The molecule has 0 saturated carbocycles. The minimum absolute atomic E-state index is 0.0635. The molecule has 0 aliphatic carbocycles. The predicted octanol–water partition coefficient (Wildman–Crippen LogP) is 5.89. The van der Waals surface area contributed by atoms with Gasteiger partial charge in [0.15, 0.2) is 5.65 Å². The van der Waals surface area contributed by atoms with Crippen LogP contribution in [0.3, 0.4) is 0 Å². The number of fused-ring (bicyclic) bond motifs is 1. The highest BCUT2D eigenvalue weighted by Crippen LogP contribution is 2.33. The van der Waals surface area contributed by atoms with Gasteiger partial charge in [0.1, 0.15) is 23.1 Å². The Labute approximate surface area is 223 Å². The van der Waals surface area contributed by atoms with Crippen molar-refractivity contribution in [2.45, 2.75) is 25.3 Å². The van der Waals surface area contributed by atoms with Crippen LogP contribution in [0.1, 0.15) is 27.0 Å². The number of aromatic nitrogens is 2. The summed E-state index contributed by atoms with van der Waals surface area (Å²) in [6.45, 7) is 3.52. The molecule has 0 saturated heterocycles. The van der Waals surface area contributed by atoms with Gasteiger partial charge in [-0.3, -0.25) is 4.79 Å². The lowest BCUT2D eigenvalue weighted by Crippen LogP contribution is -2.23. The number of pyridine rings is 1. The molecule has 1 N–H and O–H groups in total. The third kappa shape index (κ3) is 5.23. The van der Waals surface area contributed by atoms with E-state index in [0.717, 1.165) is 27.7 Å². The zero-order valence-corrected chi connectivity index (χ0v) is 21.8. The molecule has 1 amide bonds. The summed E-state index contributed by atoms with van der Waals surface area (Å²) in [6.07, 6.45) is 2.87. The lowest BCUT2D eigenvalue weighted by Gasteiger charge is -2.14. The molecule has 2 heterocycles. The van der Waals surface area contributed by atoms with Crippen LogP contribution in [0.5, 0.6) is 11.5 Å². The average molecular weight is 548 g/mol. The molecule has 0 aliphatic rings. The van der Waals surface area contributed by atoms with Gasteiger partial charge in [-0.05, 0) is 67.9 Å². The van der Waals surface area contributed by atoms with Crippen LogP contribution < -0.4 is 10.1 Å². The SMILES string of the molecule is Cc1ccc(S(=O)(=O)n2ccc3c(Oc4cccc(C(=O)NCc5cc(F)cc(F)c5)c4C)ccnc32)cc1. The van der Waals surface area contributed by atoms with Crippen molar-refractivity contribution in [2.24, 2.45) is 0 Å². The average Bonchev–Trinajstić information content (AvgIpc) is 3.34. The van der Waals surface area contributed by atoms with Crippen LogP contribution in [0, 0.1) is 25.5 Å². The molecule has 0 fully saturated rings. The Balaban J connectivity index is 1.41. The van der Waals surface area contributed by atoms with E-state index in [9.17, 15) is 22.0 Å². The summed E-state index contributed by atoms with van der Waals surface area (Å²) in [5, 5.41) is 3.13. The molecule has 198 valence electrons. The molecule has 0 radical (unpaired) electrons. The zero-order valence-electron chi connectivity index (χ0n) is 21.0. The van der Waals surface area contributed by atoms with E-state index in [0.29, 0.717) is 28.0 Å². The number of halogens is 2. The molecule has 0 atom stereocenters. The van der Waals surface area contributed by atoms with Crippen LogP contribution in [0.25, 0.3) is 11.0 Å². The second-order valence-corrected chi connectivity index (χ2v) is 10.8. The number of carbonyl (C=O) groups is 1. The molecule has 0 bridgehead atoms. The second-order valence-electron chi connectivity index (χ2n) is 8.97. The summed E-state index contributed by atoms with van der Waals surface area (Å²) in [6, 6.07) is 17.7. The maximum atomic E-state index is 13.5. The topological polar surface area (TPSA) is 90.3 Å². The maximum Gasteiger partial charge on any atom is 0.269 e. The Morgan fingerprint density at radius 3 is 2.38 bits per heavy atom. The summed E-state index contributed by atoms with van der Waals surface area (Å²) >= 11 is 0. The first-order chi connectivity index (χ1) is 18.6. The van der Waals surface area contributed by atoms with Gasteiger partial charge < -0.3 is 10.1 Å². The number of carbonyl (C=O) groups excluding carboxylic acids is 1. The standard InChI is InChI=1S/C29H23F2N3O4S/c1-18-6-8-23(9-7-18)39(36,37)34-13-11-25-27(10-12-32-28(25)34)38-26-5-3-4-24(19(26)2)29(35)33-17-20-14-21(30)16-22(31)15-20/h3-16H,17H2,1-2H3,(H,33,35). The second kappa shape index (κ2) is 10.3. The Bertz CT molecular complexity index is 1800.